The summed E-state index contributed by atoms with van der Waals surface area (Å²) in [5.41, 5.74) is -0.281. The molecule has 0 aliphatic carbocycles. The largest absolute Gasteiger partial charge is 0.482 e. The number of halogens is 3. The van der Waals surface area contributed by atoms with Crippen molar-refractivity contribution in [1.82, 2.24) is 4.98 Å². The van der Waals surface area contributed by atoms with Gasteiger partial charge in [-0.2, -0.15) is 13.2 Å². The van der Waals surface area contributed by atoms with Crippen LogP contribution in [0, 0.1) is 0 Å². The topological polar surface area (TPSA) is 48.4 Å². The molecule has 0 N–H and O–H groups in total. The van der Waals surface area contributed by atoms with Crippen LogP contribution in [0.15, 0.2) is 30.5 Å². The number of pyridine rings is 1. The molecule has 1 aromatic heterocycles. The number of nitrogens with zero attached hydrogens (tertiary/aromatic N) is 1. The van der Waals surface area contributed by atoms with Crippen molar-refractivity contribution in [3.8, 4) is 5.75 Å². The van der Waals surface area contributed by atoms with Gasteiger partial charge in [0.15, 0.2) is 18.1 Å². The Labute approximate surface area is 107 Å². The van der Waals surface area contributed by atoms with E-state index in [1.165, 1.54) is 18.3 Å². The Hall–Kier alpha value is -2.05. The lowest BCUT2D eigenvalue weighted by molar-refractivity contribution is -0.153. The van der Waals surface area contributed by atoms with E-state index >= 15 is 0 Å². The maximum Gasteiger partial charge on any atom is 0.422 e. The van der Waals surface area contributed by atoms with Crippen LogP contribution < -0.4 is 4.74 Å². The maximum absolute atomic E-state index is 12.1. The summed E-state index contributed by atoms with van der Waals surface area (Å²) >= 11 is 0. The van der Waals surface area contributed by atoms with E-state index in [9.17, 15) is 18.0 Å². The average molecular weight is 275 g/mol. The molecule has 4 nitrogen and oxygen atoms in total. The molecule has 1 aromatic rings. The third-order valence-corrected chi connectivity index (χ3v) is 1.90. The van der Waals surface area contributed by atoms with Crippen LogP contribution in [0.3, 0.4) is 0 Å². The molecule has 1 rings (SSSR count). The predicted molar refractivity (Wildman–Crippen MR) is 60.9 cm³/mol. The highest BCUT2D eigenvalue weighted by atomic mass is 19.4. The van der Waals surface area contributed by atoms with E-state index in [0.717, 1.165) is 0 Å². The molecule has 0 amide bonds. The average Bonchev–Trinajstić information content (AvgIpc) is 2.36. The van der Waals surface area contributed by atoms with Gasteiger partial charge in [0, 0.05) is 6.20 Å². The lowest BCUT2D eigenvalue weighted by atomic mass is 10.3. The van der Waals surface area contributed by atoms with Gasteiger partial charge in [-0.05, 0) is 19.1 Å². The summed E-state index contributed by atoms with van der Waals surface area (Å²) in [5, 5.41) is 0. The quantitative estimate of drug-likeness (QED) is 0.612. The van der Waals surface area contributed by atoms with Gasteiger partial charge >= 0.3 is 12.1 Å². The molecule has 0 aliphatic heterocycles. The molecule has 0 atom stereocenters. The minimum absolute atomic E-state index is 0.0185. The van der Waals surface area contributed by atoms with E-state index in [1.54, 1.807) is 19.1 Å². The molecule has 1 heterocycles. The van der Waals surface area contributed by atoms with E-state index in [2.05, 4.69) is 9.72 Å². The summed E-state index contributed by atoms with van der Waals surface area (Å²) < 4.78 is 45.5. The standard InChI is InChI=1S/C12H12F3NO3/c1-2-3-7-18-11(17)10-9(5-4-6-16-10)19-8-12(13,14)15/h2-6H,7-8H2,1H3/b3-2+. The Morgan fingerprint density at radius 2 is 2.21 bits per heavy atom. The number of aromatic nitrogens is 1. The summed E-state index contributed by atoms with van der Waals surface area (Å²) in [4.78, 5) is 15.3. The molecule has 104 valence electrons. The second kappa shape index (κ2) is 6.77. The molecule has 7 heteroatoms. The van der Waals surface area contributed by atoms with Gasteiger partial charge < -0.3 is 9.47 Å². The van der Waals surface area contributed by atoms with Crippen molar-refractivity contribution < 1.29 is 27.4 Å². The summed E-state index contributed by atoms with van der Waals surface area (Å²) in [6.45, 7) is 0.269. The number of carbonyl (C=O) groups excluding carboxylic acids is 1. The lowest BCUT2D eigenvalue weighted by Gasteiger charge is -2.11. The molecule has 0 bridgehead atoms. The smallest absolute Gasteiger partial charge is 0.422 e. The van der Waals surface area contributed by atoms with Crippen molar-refractivity contribution in [3.05, 3.63) is 36.2 Å². The van der Waals surface area contributed by atoms with E-state index in [0.29, 0.717) is 0 Å². The lowest BCUT2D eigenvalue weighted by Crippen LogP contribution is -2.21. The van der Waals surface area contributed by atoms with Crippen LogP contribution in [0.4, 0.5) is 13.2 Å². The number of carbonyl (C=O) groups is 1. The zero-order chi connectivity index (χ0) is 14.3. The molecule has 0 spiro atoms. The zero-order valence-electron chi connectivity index (χ0n) is 10.1. The van der Waals surface area contributed by atoms with Crippen molar-refractivity contribution in [1.29, 1.82) is 0 Å². The Bertz CT molecular complexity index is 458. The number of allylic oxidation sites excluding steroid dienone is 1. The Morgan fingerprint density at radius 1 is 1.47 bits per heavy atom. The van der Waals surface area contributed by atoms with Gasteiger partial charge in [0.1, 0.15) is 6.61 Å². The predicted octanol–water partition coefficient (Wildman–Crippen LogP) is 2.76. The van der Waals surface area contributed by atoms with E-state index in [1.807, 2.05) is 0 Å². The minimum atomic E-state index is -4.48. The van der Waals surface area contributed by atoms with E-state index in [-0.39, 0.29) is 18.1 Å². The van der Waals surface area contributed by atoms with Crippen LogP contribution in [-0.2, 0) is 4.74 Å². The number of hydrogen-bond acceptors (Lipinski definition) is 4. The maximum atomic E-state index is 12.1. The van der Waals surface area contributed by atoms with E-state index < -0.39 is 18.8 Å². The first kappa shape index (κ1) is 15.0. The Balaban J connectivity index is 2.74. The van der Waals surface area contributed by atoms with Crippen LogP contribution in [-0.4, -0.2) is 30.3 Å². The normalized spacial score (nSPS) is 11.6. The van der Waals surface area contributed by atoms with Gasteiger partial charge in [0.05, 0.1) is 0 Å². The Kier molecular flexibility index (Phi) is 5.35. The highest BCUT2D eigenvalue weighted by Gasteiger charge is 2.29. The fraction of sp³-hybridized carbons (Fsp3) is 0.333. The number of rotatable bonds is 5. The Morgan fingerprint density at radius 3 is 2.84 bits per heavy atom. The monoisotopic (exact) mass is 275 g/mol. The van der Waals surface area contributed by atoms with Crippen LogP contribution >= 0.6 is 0 Å². The number of hydrogen-bond donors (Lipinski definition) is 0. The van der Waals surface area contributed by atoms with Crippen molar-refractivity contribution in [3.63, 3.8) is 0 Å². The number of esters is 1. The molecule has 0 saturated carbocycles. The van der Waals surface area contributed by atoms with Gasteiger partial charge in [-0.15, -0.1) is 0 Å². The fourth-order valence-electron chi connectivity index (χ4n) is 1.11. The first-order chi connectivity index (χ1) is 8.94. The van der Waals surface area contributed by atoms with Gasteiger partial charge in [-0.3, -0.25) is 0 Å². The third kappa shape index (κ3) is 5.41. The summed E-state index contributed by atoms with van der Waals surface area (Å²) in [7, 11) is 0. The molecular formula is C12H12F3NO3. The van der Waals surface area contributed by atoms with E-state index in [4.69, 9.17) is 4.74 Å². The minimum Gasteiger partial charge on any atom is -0.482 e. The number of alkyl halides is 3. The van der Waals surface area contributed by atoms with Crippen LogP contribution in [0.2, 0.25) is 0 Å². The highest BCUT2D eigenvalue weighted by molar-refractivity contribution is 5.90. The third-order valence-electron chi connectivity index (χ3n) is 1.90. The molecule has 19 heavy (non-hydrogen) atoms. The molecular weight excluding hydrogens is 263 g/mol. The van der Waals surface area contributed by atoms with Crippen molar-refractivity contribution in [2.24, 2.45) is 0 Å². The summed E-state index contributed by atoms with van der Waals surface area (Å²) in [6.07, 6.45) is 0.0402. The second-order valence-electron chi connectivity index (χ2n) is 3.42. The van der Waals surface area contributed by atoms with Gasteiger partial charge in [-0.25, -0.2) is 9.78 Å². The van der Waals surface area contributed by atoms with Crippen LogP contribution in [0.25, 0.3) is 0 Å². The van der Waals surface area contributed by atoms with Crippen molar-refractivity contribution in [2.45, 2.75) is 13.1 Å². The SMILES string of the molecule is C/C=C/COC(=O)c1ncccc1OCC(F)(F)F. The fourth-order valence-corrected chi connectivity index (χ4v) is 1.11. The summed E-state index contributed by atoms with van der Waals surface area (Å²) in [5.74, 6) is -1.10. The molecule has 0 saturated heterocycles. The van der Waals surface area contributed by atoms with Crippen molar-refractivity contribution >= 4 is 5.97 Å². The van der Waals surface area contributed by atoms with Gasteiger partial charge in [0.25, 0.3) is 0 Å². The van der Waals surface area contributed by atoms with Crippen molar-refractivity contribution in [2.75, 3.05) is 13.2 Å². The molecule has 0 radical (unpaired) electrons. The number of ether oxygens (including phenoxy) is 2. The van der Waals surface area contributed by atoms with Crippen LogP contribution in [0.1, 0.15) is 17.4 Å². The van der Waals surface area contributed by atoms with Crippen LogP contribution in [0.5, 0.6) is 5.75 Å². The first-order valence-corrected chi connectivity index (χ1v) is 5.37. The van der Waals surface area contributed by atoms with Gasteiger partial charge in [0.2, 0.25) is 0 Å². The molecule has 0 aromatic carbocycles. The first-order valence-electron chi connectivity index (χ1n) is 5.37. The molecule has 0 unspecified atom stereocenters. The summed E-state index contributed by atoms with van der Waals surface area (Å²) in [6, 6.07) is 2.60. The molecule has 0 aliphatic rings. The molecule has 0 fully saturated rings. The van der Waals surface area contributed by atoms with Gasteiger partial charge in [-0.1, -0.05) is 12.2 Å². The zero-order valence-corrected chi connectivity index (χ0v) is 10.1. The highest BCUT2D eigenvalue weighted by Crippen LogP contribution is 2.21. The second-order valence-corrected chi connectivity index (χ2v) is 3.42.